The Morgan fingerprint density at radius 2 is 1.21 bits per heavy atom. The fraction of sp³-hybridized carbons (Fsp3) is 0.286. The molecule has 2 rings (SSSR count). The first kappa shape index (κ1) is 21.7. The molecule has 0 spiro atoms. The Bertz CT molecular complexity index is 895. The van der Waals surface area contributed by atoms with Crippen LogP contribution in [0.5, 0.6) is 40.2 Å². The molecule has 0 aliphatic carbocycles. The molecule has 0 heterocycles. The molecule has 0 saturated heterocycles. The lowest BCUT2D eigenvalue weighted by atomic mass is 10.0. The zero-order valence-electron chi connectivity index (χ0n) is 17.2. The van der Waals surface area contributed by atoms with Crippen LogP contribution in [0.4, 0.5) is 0 Å². The number of phenols is 1. The Balaban J connectivity index is 2.57. The predicted octanol–water partition coefficient (Wildman–Crippen LogP) is 3.34. The maximum absolute atomic E-state index is 12.9. The van der Waals surface area contributed by atoms with Crippen LogP contribution in [0.3, 0.4) is 0 Å². The Morgan fingerprint density at radius 3 is 1.66 bits per heavy atom. The number of allylic oxidation sites excluding steroid dienone is 1. The molecule has 0 aromatic heterocycles. The highest BCUT2D eigenvalue weighted by Crippen LogP contribution is 2.53. The summed E-state index contributed by atoms with van der Waals surface area (Å²) in [4.78, 5) is 12.9. The van der Waals surface area contributed by atoms with Gasteiger partial charge in [-0.1, -0.05) is 6.08 Å². The van der Waals surface area contributed by atoms with Gasteiger partial charge >= 0.3 is 0 Å². The molecule has 8 nitrogen and oxygen atoms in total. The number of ketones is 1. The van der Waals surface area contributed by atoms with Crippen molar-refractivity contribution in [2.75, 3.05) is 42.7 Å². The van der Waals surface area contributed by atoms with E-state index in [1.165, 1.54) is 48.7 Å². The number of rotatable bonds is 9. The number of carbonyl (C=O) groups is 1. The SMILES string of the molecule is COc1cc(C=CC(=O)c2c(O)c(OC)c(OC)c(OC)c2OC)cc(OC)c1. The molecular formula is C21H24O8. The largest absolute Gasteiger partial charge is 0.504 e. The standard InChI is InChI=1S/C21H24O8/c1-24-13-9-12(10-14(11-13)25-2)7-8-15(22)16-17(23)19(27-4)21(29-6)20(28-5)18(16)26-3/h7-11,23H,1-6H3. The van der Waals surface area contributed by atoms with Crippen LogP contribution in [0.15, 0.2) is 24.3 Å². The first-order chi connectivity index (χ1) is 13.9. The minimum atomic E-state index is -0.527. The summed E-state index contributed by atoms with van der Waals surface area (Å²) in [6, 6.07) is 5.18. The molecule has 0 unspecified atom stereocenters. The number of methoxy groups -OCH3 is 6. The first-order valence-electron chi connectivity index (χ1n) is 8.49. The monoisotopic (exact) mass is 404 g/mol. The molecule has 2 aromatic carbocycles. The second kappa shape index (κ2) is 9.59. The van der Waals surface area contributed by atoms with Crippen molar-refractivity contribution in [2.45, 2.75) is 0 Å². The molecule has 0 atom stereocenters. The van der Waals surface area contributed by atoms with Crippen LogP contribution >= 0.6 is 0 Å². The summed E-state index contributed by atoms with van der Waals surface area (Å²) in [6.45, 7) is 0. The van der Waals surface area contributed by atoms with Gasteiger partial charge in [-0.2, -0.15) is 0 Å². The van der Waals surface area contributed by atoms with Gasteiger partial charge in [0.2, 0.25) is 17.2 Å². The molecule has 1 N–H and O–H groups in total. The molecular weight excluding hydrogens is 380 g/mol. The van der Waals surface area contributed by atoms with E-state index in [0.717, 1.165) is 0 Å². The van der Waals surface area contributed by atoms with Crippen LogP contribution in [0, 0.1) is 0 Å². The van der Waals surface area contributed by atoms with Crippen molar-refractivity contribution in [1.29, 1.82) is 0 Å². The van der Waals surface area contributed by atoms with Gasteiger partial charge in [0.05, 0.1) is 42.7 Å². The number of phenolic OH excluding ortho intramolecular Hbond substituents is 1. The van der Waals surface area contributed by atoms with Gasteiger partial charge in [0.15, 0.2) is 17.3 Å². The number of carbonyl (C=O) groups excluding carboxylic acids is 1. The Morgan fingerprint density at radius 1 is 0.724 bits per heavy atom. The molecule has 0 saturated carbocycles. The topological polar surface area (TPSA) is 92.7 Å². The Hall–Kier alpha value is -3.55. The van der Waals surface area contributed by atoms with Crippen molar-refractivity contribution < 1.29 is 38.3 Å². The van der Waals surface area contributed by atoms with Gasteiger partial charge in [0.25, 0.3) is 0 Å². The second-order valence-corrected chi connectivity index (χ2v) is 5.70. The molecule has 29 heavy (non-hydrogen) atoms. The lowest BCUT2D eigenvalue weighted by molar-refractivity contribution is 0.104. The van der Waals surface area contributed by atoms with Crippen LogP contribution in [0.2, 0.25) is 0 Å². The van der Waals surface area contributed by atoms with Gasteiger partial charge in [-0.05, 0) is 23.8 Å². The van der Waals surface area contributed by atoms with Crippen LogP contribution < -0.4 is 28.4 Å². The number of ether oxygens (including phenoxy) is 6. The van der Waals surface area contributed by atoms with Crippen molar-refractivity contribution in [2.24, 2.45) is 0 Å². The normalized spacial score (nSPS) is 10.6. The summed E-state index contributed by atoms with van der Waals surface area (Å²) >= 11 is 0. The maximum atomic E-state index is 12.9. The number of hydrogen-bond acceptors (Lipinski definition) is 8. The van der Waals surface area contributed by atoms with E-state index in [4.69, 9.17) is 28.4 Å². The lowest BCUT2D eigenvalue weighted by Gasteiger charge is -2.19. The fourth-order valence-electron chi connectivity index (χ4n) is 2.81. The van der Waals surface area contributed by atoms with Crippen molar-refractivity contribution in [3.05, 3.63) is 35.4 Å². The van der Waals surface area contributed by atoms with Crippen molar-refractivity contribution in [3.8, 4) is 40.2 Å². The van der Waals surface area contributed by atoms with Gasteiger partial charge < -0.3 is 33.5 Å². The summed E-state index contributed by atoms with van der Waals surface area (Å²) in [7, 11) is 8.55. The Labute approximate surface area is 169 Å². The highest BCUT2D eigenvalue weighted by atomic mass is 16.5. The zero-order chi connectivity index (χ0) is 21.6. The fourth-order valence-corrected chi connectivity index (χ4v) is 2.81. The minimum absolute atomic E-state index is 0.0283. The zero-order valence-corrected chi connectivity index (χ0v) is 17.2. The lowest BCUT2D eigenvalue weighted by Crippen LogP contribution is -2.06. The van der Waals surface area contributed by atoms with Crippen molar-refractivity contribution in [1.82, 2.24) is 0 Å². The summed E-state index contributed by atoms with van der Waals surface area (Å²) < 4.78 is 31.5. The number of benzene rings is 2. The molecule has 0 aliphatic rings. The summed E-state index contributed by atoms with van der Waals surface area (Å²) in [5.41, 5.74) is 0.550. The third kappa shape index (κ3) is 4.31. The molecule has 156 valence electrons. The predicted molar refractivity (Wildman–Crippen MR) is 107 cm³/mol. The van der Waals surface area contributed by atoms with Gasteiger partial charge in [0, 0.05) is 6.07 Å². The third-order valence-electron chi connectivity index (χ3n) is 4.16. The summed E-state index contributed by atoms with van der Waals surface area (Å²) in [5, 5.41) is 10.6. The van der Waals surface area contributed by atoms with E-state index in [1.54, 1.807) is 24.3 Å². The molecule has 0 radical (unpaired) electrons. The molecule has 0 fully saturated rings. The van der Waals surface area contributed by atoms with Crippen molar-refractivity contribution in [3.63, 3.8) is 0 Å². The first-order valence-corrected chi connectivity index (χ1v) is 8.49. The number of aromatic hydroxyl groups is 1. The second-order valence-electron chi connectivity index (χ2n) is 5.70. The van der Waals surface area contributed by atoms with Gasteiger partial charge in [0.1, 0.15) is 17.1 Å². The smallest absolute Gasteiger partial charge is 0.211 e. The summed E-state index contributed by atoms with van der Waals surface area (Å²) in [6.07, 6.45) is 2.85. The van der Waals surface area contributed by atoms with Crippen molar-refractivity contribution >= 4 is 11.9 Å². The van der Waals surface area contributed by atoms with Gasteiger partial charge in [-0.15, -0.1) is 0 Å². The molecule has 8 heteroatoms. The molecule has 2 aromatic rings. The highest BCUT2D eigenvalue weighted by molar-refractivity contribution is 6.12. The average Bonchev–Trinajstić information content (AvgIpc) is 2.75. The maximum Gasteiger partial charge on any atom is 0.211 e. The summed E-state index contributed by atoms with van der Waals surface area (Å²) in [5.74, 6) is 0.437. The van der Waals surface area contributed by atoms with E-state index in [9.17, 15) is 9.90 Å². The van der Waals surface area contributed by atoms with E-state index in [-0.39, 0.29) is 28.6 Å². The Kier molecular flexibility index (Phi) is 7.19. The van der Waals surface area contributed by atoms with Crippen LogP contribution in [-0.2, 0) is 0 Å². The van der Waals surface area contributed by atoms with E-state index in [0.29, 0.717) is 17.1 Å². The van der Waals surface area contributed by atoms with Crippen LogP contribution in [0.25, 0.3) is 6.08 Å². The quantitative estimate of drug-likeness (QED) is 0.503. The highest BCUT2D eigenvalue weighted by Gasteiger charge is 2.30. The van der Waals surface area contributed by atoms with E-state index in [1.807, 2.05) is 0 Å². The van der Waals surface area contributed by atoms with E-state index >= 15 is 0 Å². The van der Waals surface area contributed by atoms with Gasteiger partial charge in [-0.25, -0.2) is 0 Å². The third-order valence-corrected chi connectivity index (χ3v) is 4.16. The van der Waals surface area contributed by atoms with Gasteiger partial charge in [-0.3, -0.25) is 4.79 Å². The van der Waals surface area contributed by atoms with Crippen LogP contribution in [0.1, 0.15) is 15.9 Å². The van der Waals surface area contributed by atoms with E-state index < -0.39 is 11.5 Å². The number of hydrogen-bond donors (Lipinski definition) is 1. The average molecular weight is 404 g/mol. The van der Waals surface area contributed by atoms with E-state index in [2.05, 4.69) is 0 Å². The van der Waals surface area contributed by atoms with Crippen LogP contribution in [-0.4, -0.2) is 53.5 Å². The molecule has 0 bridgehead atoms. The molecule has 0 aliphatic heterocycles. The minimum Gasteiger partial charge on any atom is -0.504 e. The molecule has 0 amide bonds.